The lowest BCUT2D eigenvalue weighted by Crippen LogP contribution is -2.27. The topological polar surface area (TPSA) is 90.1 Å². The molecule has 0 aromatic carbocycles. The molecule has 6 heteroatoms. The van der Waals surface area contributed by atoms with Crippen LogP contribution in [0.2, 0.25) is 0 Å². The van der Waals surface area contributed by atoms with E-state index in [1.54, 1.807) is 20.8 Å². The number of anilines is 2. The number of nitrogens with zero attached hydrogens (tertiary/aromatic N) is 2. The van der Waals surface area contributed by atoms with Crippen molar-refractivity contribution in [3.8, 4) is 0 Å². The second kappa shape index (κ2) is 4.12. The number of nitrogens with one attached hydrogen (secondary N) is 1. The van der Waals surface area contributed by atoms with Crippen molar-refractivity contribution >= 4 is 17.7 Å². The van der Waals surface area contributed by atoms with Gasteiger partial charge in [-0.1, -0.05) is 0 Å². The zero-order valence-electron chi connectivity index (χ0n) is 8.94. The Hall–Kier alpha value is -1.85. The summed E-state index contributed by atoms with van der Waals surface area (Å²) in [6.07, 6.45) is 2.27. The SMILES string of the molecule is CC(C)(C)OC(=O)Nc1cnc(N)nc1. The van der Waals surface area contributed by atoms with Crippen LogP contribution in [0.25, 0.3) is 0 Å². The number of amides is 1. The van der Waals surface area contributed by atoms with Gasteiger partial charge >= 0.3 is 6.09 Å². The van der Waals surface area contributed by atoms with Gasteiger partial charge in [0.15, 0.2) is 0 Å². The summed E-state index contributed by atoms with van der Waals surface area (Å²) in [7, 11) is 0. The first-order valence-electron chi connectivity index (χ1n) is 4.44. The molecule has 1 aromatic rings. The average Bonchev–Trinajstić information content (AvgIpc) is 2.05. The van der Waals surface area contributed by atoms with E-state index in [-0.39, 0.29) is 5.95 Å². The molecule has 0 fully saturated rings. The molecule has 1 rings (SSSR count). The molecule has 0 atom stereocenters. The maximum Gasteiger partial charge on any atom is 0.412 e. The summed E-state index contributed by atoms with van der Waals surface area (Å²) in [6, 6.07) is 0. The van der Waals surface area contributed by atoms with Gasteiger partial charge in [0.25, 0.3) is 0 Å². The minimum absolute atomic E-state index is 0.157. The minimum Gasteiger partial charge on any atom is -0.444 e. The highest BCUT2D eigenvalue weighted by Crippen LogP contribution is 2.10. The number of carbonyl (C=O) groups excluding carboxylic acids is 1. The fourth-order valence-corrected chi connectivity index (χ4v) is 0.824. The molecule has 82 valence electrons. The smallest absolute Gasteiger partial charge is 0.412 e. The van der Waals surface area contributed by atoms with Gasteiger partial charge in [0.05, 0.1) is 18.1 Å². The van der Waals surface area contributed by atoms with E-state index in [1.165, 1.54) is 12.4 Å². The van der Waals surface area contributed by atoms with Gasteiger partial charge in [-0.3, -0.25) is 5.32 Å². The highest BCUT2D eigenvalue weighted by molar-refractivity contribution is 5.84. The normalized spacial score (nSPS) is 10.9. The lowest BCUT2D eigenvalue weighted by molar-refractivity contribution is 0.0636. The quantitative estimate of drug-likeness (QED) is 0.731. The first-order valence-corrected chi connectivity index (χ1v) is 4.44. The maximum absolute atomic E-state index is 11.3. The lowest BCUT2D eigenvalue weighted by Gasteiger charge is -2.19. The van der Waals surface area contributed by atoms with Gasteiger partial charge in [0, 0.05) is 0 Å². The van der Waals surface area contributed by atoms with Crippen LogP contribution in [0.4, 0.5) is 16.4 Å². The van der Waals surface area contributed by atoms with E-state index in [0.717, 1.165) is 0 Å². The Kier molecular flexibility index (Phi) is 3.08. The Morgan fingerprint density at radius 2 is 1.93 bits per heavy atom. The van der Waals surface area contributed by atoms with E-state index in [9.17, 15) is 4.79 Å². The van der Waals surface area contributed by atoms with Crippen LogP contribution in [0.15, 0.2) is 12.4 Å². The zero-order chi connectivity index (χ0) is 11.5. The highest BCUT2D eigenvalue weighted by atomic mass is 16.6. The number of aromatic nitrogens is 2. The molecule has 1 amide bonds. The molecule has 0 aliphatic rings. The van der Waals surface area contributed by atoms with E-state index in [0.29, 0.717) is 5.69 Å². The second-order valence-electron chi connectivity index (χ2n) is 3.96. The predicted molar refractivity (Wildman–Crippen MR) is 56.3 cm³/mol. The van der Waals surface area contributed by atoms with Gasteiger partial charge in [-0.25, -0.2) is 14.8 Å². The summed E-state index contributed by atoms with van der Waals surface area (Å²) < 4.78 is 5.04. The molecule has 15 heavy (non-hydrogen) atoms. The van der Waals surface area contributed by atoms with Crippen molar-refractivity contribution in [2.24, 2.45) is 0 Å². The van der Waals surface area contributed by atoms with Crippen molar-refractivity contribution in [3.63, 3.8) is 0 Å². The van der Waals surface area contributed by atoms with Crippen molar-refractivity contribution in [1.82, 2.24) is 9.97 Å². The molecule has 1 heterocycles. The summed E-state index contributed by atoms with van der Waals surface area (Å²) in [5.41, 5.74) is 5.21. The molecule has 6 nitrogen and oxygen atoms in total. The first kappa shape index (κ1) is 11.2. The van der Waals surface area contributed by atoms with E-state index >= 15 is 0 Å². The monoisotopic (exact) mass is 210 g/mol. The van der Waals surface area contributed by atoms with Gasteiger partial charge in [0.2, 0.25) is 5.95 Å². The summed E-state index contributed by atoms with van der Waals surface area (Å²) in [4.78, 5) is 18.7. The van der Waals surface area contributed by atoms with Crippen LogP contribution < -0.4 is 11.1 Å². The molecule has 3 N–H and O–H groups in total. The predicted octanol–water partition coefficient (Wildman–Crippen LogP) is 1.41. The Bertz CT molecular complexity index is 342. The number of rotatable bonds is 1. The summed E-state index contributed by atoms with van der Waals surface area (Å²) in [5.74, 6) is 0.157. The average molecular weight is 210 g/mol. The fourth-order valence-electron chi connectivity index (χ4n) is 0.824. The molecule has 0 saturated heterocycles. The summed E-state index contributed by atoms with van der Waals surface area (Å²) in [5, 5.41) is 2.48. The number of hydrogen-bond donors (Lipinski definition) is 2. The Morgan fingerprint density at radius 3 is 2.40 bits per heavy atom. The van der Waals surface area contributed by atoms with Crippen LogP contribution in [0, 0.1) is 0 Å². The minimum atomic E-state index is -0.545. The van der Waals surface area contributed by atoms with Crippen LogP contribution in [0.5, 0.6) is 0 Å². The second-order valence-corrected chi connectivity index (χ2v) is 3.96. The van der Waals surface area contributed by atoms with E-state index in [2.05, 4.69) is 15.3 Å². The zero-order valence-corrected chi connectivity index (χ0v) is 8.94. The van der Waals surface area contributed by atoms with Crippen molar-refractivity contribution in [1.29, 1.82) is 0 Å². The van der Waals surface area contributed by atoms with Crippen LogP contribution >= 0.6 is 0 Å². The summed E-state index contributed by atoms with van der Waals surface area (Å²) in [6.45, 7) is 5.35. The molecule has 1 aromatic heterocycles. The Balaban J connectivity index is 2.55. The van der Waals surface area contributed by atoms with E-state index in [4.69, 9.17) is 10.5 Å². The molecule has 0 aliphatic heterocycles. The van der Waals surface area contributed by atoms with Gasteiger partial charge < -0.3 is 10.5 Å². The van der Waals surface area contributed by atoms with Crippen molar-refractivity contribution in [3.05, 3.63) is 12.4 Å². The molecule has 0 radical (unpaired) electrons. The van der Waals surface area contributed by atoms with Gasteiger partial charge in [-0.15, -0.1) is 0 Å². The number of nitrogen functional groups attached to an aromatic ring is 1. The highest BCUT2D eigenvalue weighted by Gasteiger charge is 2.16. The molecular weight excluding hydrogens is 196 g/mol. The van der Waals surface area contributed by atoms with Gasteiger partial charge in [0.1, 0.15) is 5.60 Å². The van der Waals surface area contributed by atoms with Crippen molar-refractivity contribution in [2.45, 2.75) is 26.4 Å². The maximum atomic E-state index is 11.3. The van der Waals surface area contributed by atoms with E-state index < -0.39 is 11.7 Å². The lowest BCUT2D eigenvalue weighted by atomic mass is 10.2. The van der Waals surface area contributed by atoms with Gasteiger partial charge in [-0.05, 0) is 20.8 Å². The summed E-state index contributed by atoms with van der Waals surface area (Å²) >= 11 is 0. The number of nitrogens with two attached hydrogens (primary N) is 1. The van der Waals surface area contributed by atoms with Crippen LogP contribution in [0.3, 0.4) is 0 Å². The van der Waals surface area contributed by atoms with Gasteiger partial charge in [-0.2, -0.15) is 0 Å². The standard InChI is InChI=1S/C9H14N4O2/c1-9(2,3)15-8(14)13-6-4-11-7(10)12-5-6/h4-5H,1-3H3,(H,13,14)(H2,10,11,12). The Morgan fingerprint density at radius 1 is 1.40 bits per heavy atom. The number of carbonyl (C=O) groups is 1. The molecule has 0 unspecified atom stereocenters. The Labute approximate surface area is 87.9 Å². The molecule has 0 spiro atoms. The van der Waals surface area contributed by atoms with Crippen LogP contribution in [-0.4, -0.2) is 21.7 Å². The third-order valence-electron chi connectivity index (χ3n) is 1.32. The molecular formula is C9H14N4O2. The van der Waals surface area contributed by atoms with Crippen LogP contribution in [-0.2, 0) is 4.74 Å². The fraction of sp³-hybridized carbons (Fsp3) is 0.444. The third-order valence-corrected chi connectivity index (χ3v) is 1.32. The van der Waals surface area contributed by atoms with E-state index in [1.807, 2.05) is 0 Å². The molecule has 0 bridgehead atoms. The van der Waals surface area contributed by atoms with Crippen LogP contribution in [0.1, 0.15) is 20.8 Å². The largest absolute Gasteiger partial charge is 0.444 e. The molecule has 0 saturated carbocycles. The number of hydrogen-bond acceptors (Lipinski definition) is 5. The third kappa shape index (κ3) is 4.26. The van der Waals surface area contributed by atoms with Crippen molar-refractivity contribution < 1.29 is 9.53 Å². The van der Waals surface area contributed by atoms with Crippen molar-refractivity contribution in [2.75, 3.05) is 11.1 Å². The first-order chi connectivity index (χ1) is 6.87. The molecule has 0 aliphatic carbocycles. The number of ether oxygens (including phenoxy) is 1.